The first-order chi connectivity index (χ1) is 13.5. The van der Waals surface area contributed by atoms with E-state index in [-0.39, 0.29) is 24.3 Å². The number of carbonyl (C=O) groups is 3. The molecule has 1 aliphatic heterocycles. The van der Waals surface area contributed by atoms with Crippen LogP contribution in [0.1, 0.15) is 42.2 Å². The minimum Gasteiger partial charge on any atom is -0.306 e. The van der Waals surface area contributed by atoms with Crippen molar-refractivity contribution in [2.45, 2.75) is 13.5 Å². The van der Waals surface area contributed by atoms with Crippen LogP contribution in [0.2, 0.25) is 0 Å². The summed E-state index contributed by atoms with van der Waals surface area (Å²) in [6, 6.07) is 17.3. The van der Waals surface area contributed by atoms with Gasteiger partial charge in [-0.2, -0.15) is 0 Å². The van der Waals surface area contributed by atoms with Crippen molar-refractivity contribution in [3.63, 3.8) is 0 Å². The van der Waals surface area contributed by atoms with Gasteiger partial charge in [0.1, 0.15) is 5.82 Å². The third-order valence-corrected chi connectivity index (χ3v) is 4.65. The third-order valence-electron chi connectivity index (χ3n) is 4.65. The van der Waals surface area contributed by atoms with E-state index in [9.17, 15) is 14.4 Å². The molecule has 0 unspecified atom stereocenters. The Bertz CT molecular complexity index is 1070. The maximum Gasteiger partial charge on any atom is 0.261 e. The summed E-state index contributed by atoms with van der Waals surface area (Å²) in [4.78, 5) is 43.0. The number of aryl methyl sites for hydroxylation is 1. The number of fused-ring (bicyclic) bond motifs is 1. The summed E-state index contributed by atoms with van der Waals surface area (Å²) in [5.74, 6) is -0.441. The molecular formula is C22H17N3O3. The molecule has 0 fully saturated rings. The van der Waals surface area contributed by atoms with Gasteiger partial charge in [0.25, 0.3) is 17.7 Å². The summed E-state index contributed by atoms with van der Waals surface area (Å²) >= 11 is 0. The first-order valence-corrected chi connectivity index (χ1v) is 8.82. The van der Waals surface area contributed by atoms with Crippen LogP contribution in [0.5, 0.6) is 0 Å². The molecule has 1 N–H and O–H groups in total. The van der Waals surface area contributed by atoms with Crippen LogP contribution >= 0.6 is 0 Å². The molecule has 28 heavy (non-hydrogen) atoms. The SMILES string of the molecule is Cc1cccnc1NC(=O)c1cccc(CN2C(=O)c3ccccc3C2=O)c1. The summed E-state index contributed by atoms with van der Waals surface area (Å²) in [6.07, 6.45) is 1.61. The van der Waals surface area contributed by atoms with E-state index in [4.69, 9.17) is 0 Å². The van der Waals surface area contributed by atoms with Crippen molar-refractivity contribution >= 4 is 23.5 Å². The second kappa shape index (κ2) is 7.08. The highest BCUT2D eigenvalue weighted by atomic mass is 16.2. The minimum atomic E-state index is -0.320. The summed E-state index contributed by atoms with van der Waals surface area (Å²) in [5.41, 5.74) is 2.80. The highest BCUT2D eigenvalue weighted by Gasteiger charge is 2.34. The first kappa shape index (κ1) is 17.6. The lowest BCUT2D eigenvalue weighted by Gasteiger charge is -2.14. The number of rotatable bonds is 4. The Morgan fingerprint density at radius 2 is 1.68 bits per heavy atom. The van der Waals surface area contributed by atoms with Gasteiger partial charge in [0.05, 0.1) is 17.7 Å². The minimum absolute atomic E-state index is 0.107. The molecule has 0 aliphatic carbocycles. The summed E-state index contributed by atoms with van der Waals surface area (Å²) in [7, 11) is 0. The number of hydrogen-bond acceptors (Lipinski definition) is 4. The van der Waals surface area contributed by atoms with Crippen molar-refractivity contribution in [3.05, 3.63) is 94.7 Å². The van der Waals surface area contributed by atoms with E-state index in [1.807, 2.05) is 13.0 Å². The number of nitrogens with one attached hydrogen (secondary N) is 1. The average Bonchev–Trinajstić information content (AvgIpc) is 2.95. The largest absolute Gasteiger partial charge is 0.306 e. The number of nitrogens with zero attached hydrogens (tertiary/aromatic N) is 2. The maximum absolute atomic E-state index is 12.6. The molecule has 3 amide bonds. The molecule has 0 atom stereocenters. The highest BCUT2D eigenvalue weighted by Crippen LogP contribution is 2.24. The standard InChI is InChI=1S/C22H17N3O3/c1-14-6-5-11-23-19(14)24-20(26)16-8-4-7-15(12-16)13-25-21(27)17-9-2-3-10-18(17)22(25)28/h2-12H,13H2,1H3,(H,23,24,26). The highest BCUT2D eigenvalue weighted by molar-refractivity contribution is 6.21. The number of aromatic nitrogens is 1. The Morgan fingerprint density at radius 3 is 2.36 bits per heavy atom. The maximum atomic E-state index is 12.6. The van der Waals surface area contributed by atoms with Gasteiger partial charge in [0, 0.05) is 11.8 Å². The molecule has 138 valence electrons. The fourth-order valence-corrected chi connectivity index (χ4v) is 3.17. The molecule has 6 heteroatoms. The lowest BCUT2D eigenvalue weighted by atomic mass is 10.1. The zero-order valence-electron chi connectivity index (χ0n) is 15.2. The predicted molar refractivity (Wildman–Crippen MR) is 104 cm³/mol. The molecule has 3 aromatic rings. The van der Waals surface area contributed by atoms with E-state index >= 15 is 0 Å². The number of pyridine rings is 1. The number of anilines is 1. The molecule has 0 spiro atoms. The Labute approximate surface area is 161 Å². The second-order valence-electron chi connectivity index (χ2n) is 6.57. The fourth-order valence-electron chi connectivity index (χ4n) is 3.17. The molecule has 2 aromatic carbocycles. The molecule has 2 heterocycles. The molecule has 4 rings (SSSR count). The normalized spacial score (nSPS) is 12.8. The second-order valence-corrected chi connectivity index (χ2v) is 6.57. The molecule has 0 bridgehead atoms. The van der Waals surface area contributed by atoms with Crippen molar-refractivity contribution in [3.8, 4) is 0 Å². The van der Waals surface area contributed by atoms with Gasteiger partial charge in [0.15, 0.2) is 0 Å². The quantitative estimate of drug-likeness (QED) is 0.713. The first-order valence-electron chi connectivity index (χ1n) is 8.82. The van der Waals surface area contributed by atoms with Crippen molar-refractivity contribution < 1.29 is 14.4 Å². The number of benzene rings is 2. The summed E-state index contributed by atoms with van der Waals surface area (Å²) < 4.78 is 0. The van der Waals surface area contributed by atoms with E-state index in [1.54, 1.807) is 60.8 Å². The lowest BCUT2D eigenvalue weighted by Crippen LogP contribution is -2.29. The van der Waals surface area contributed by atoms with Gasteiger partial charge in [-0.05, 0) is 48.4 Å². The Balaban J connectivity index is 1.54. The van der Waals surface area contributed by atoms with Crippen molar-refractivity contribution in [1.29, 1.82) is 0 Å². The van der Waals surface area contributed by atoms with Crippen LogP contribution in [0.4, 0.5) is 5.82 Å². The van der Waals surface area contributed by atoms with Gasteiger partial charge in [-0.3, -0.25) is 19.3 Å². The third kappa shape index (κ3) is 3.16. The van der Waals surface area contributed by atoms with Crippen LogP contribution in [-0.4, -0.2) is 27.6 Å². The van der Waals surface area contributed by atoms with Gasteiger partial charge < -0.3 is 5.32 Å². The Kier molecular flexibility index (Phi) is 4.45. The van der Waals surface area contributed by atoms with Crippen LogP contribution in [0.25, 0.3) is 0 Å². The molecule has 0 saturated carbocycles. The van der Waals surface area contributed by atoms with E-state index < -0.39 is 0 Å². The van der Waals surface area contributed by atoms with E-state index in [2.05, 4.69) is 10.3 Å². The van der Waals surface area contributed by atoms with Crippen LogP contribution < -0.4 is 5.32 Å². The van der Waals surface area contributed by atoms with Gasteiger partial charge >= 0.3 is 0 Å². The van der Waals surface area contributed by atoms with E-state index in [0.29, 0.717) is 28.1 Å². The fraction of sp³-hybridized carbons (Fsp3) is 0.0909. The van der Waals surface area contributed by atoms with E-state index in [1.165, 1.54) is 4.90 Å². The average molecular weight is 371 g/mol. The number of imide groups is 1. The monoisotopic (exact) mass is 371 g/mol. The zero-order valence-corrected chi connectivity index (χ0v) is 15.2. The Morgan fingerprint density at radius 1 is 0.964 bits per heavy atom. The predicted octanol–water partition coefficient (Wildman–Crippen LogP) is 3.44. The number of amides is 3. The van der Waals surface area contributed by atoms with Crippen LogP contribution in [0, 0.1) is 6.92 Å². The van der Waals surface area contributed by atoms with Crippen LogP contribution in [-0.2, 0) is 6.54 Å². The van der Waals surface area contributed by atoms with Gasteiger partial charge in [0.2, 0.25) is 0 Å². The molecule has 0 saturated heterocycles. The molecule has 0 radical (unpaired) electrons. The van der Waals surface area contributed by atoms with Gasteiger partial charge in [-0.1, -0.05) is 30.3 Å². The van der Waals surface area contributed by atoms with E-state index in [0.717, 1.165) is 5.56 Å². The zero-order chi connectivity index (χ0) is 19.7. The van der Waals surface area contributed by atoms with Gasteiger partial charge in [-0.15, -0.1) is 0 Å². The molecular weight excluding hydrogens is 354 g/mol. The van der Waals surface area contributed by atoms with Crippen molar-refractivity contribution in [2.75, 3.05) is 5.32 Å². The summed E-state index contributed by atoms with van der Waals surface area (Å²) in [6.45, 7) is 1.97. The summed E-state index contributed by atoms with van der Waals surface area (Å²) in [5, 5.41) is 2.78. The molecule has 1 aromatic heterocycles. The topological polar surface area (TPSA) is 79.4 Å². The van der Waals surface area contributed by atoms with Gasteiger partial charge in [-0.25, -0.2) is 4.98 Å². The molecule has 1 aliphatic rings. The van der Waals surface area contributed by atoms with Crippen LogP contribution in [0.3, 0.4) is 0 Å². The number of hydrogen-bond donors (Lipinski definition) is 1. The lowest BCUT2D eigenvalue weighted by molar-refractivity contribution is 0.0642. The van der Waals surface area contributed by atoms with Crippen molar-refractivity contribution in [1.82, 2.24) is 9.88 Å². The van der Waals surface area contributed by atoms with Crippen molar-refractivity contribution in [2.24, 2.45) is 0 Å². The van der Waals surface area contributed by atoms with Crippen LogP contribution in [0.15, 0.2) is 66.9 Å². The smallest absolute Gasteiger partial charge is 0.261 e. The molecule has 6 nitrogen and oxygen atoms in total. The number of carbonyl (C=O) groups excluding carboxylic acids is 3. The Hall–Kier alpha value is -3.80.